The fraction of sp³-hybridized carbons (Fsp3) is 0.471. The second kappa shape index (κ2) is 8.46. The molecular weight excluding hydrogens is 406 g/mol. The lowest BCUT2D eigenvalue weighted by Gasteiger charge is -2.19. The average Bonchev–Trinajstić information content (AvgIpc) is 3.40. The van der Waals surface area contributed by atoms with Gasteiger partial charge in [0.2, 0.25) is 15.9 Å². The Morgan fingerprint density at radius 3 is 2.68 bits per heavy atom. The summed E-state index contributed by atoms with van der Waals surface area (Å²) in [5.41, 5.74) is 0.191. The van der Waals surface area contributed by atoms with Crippen LogP contribution in [0.5, 0.6) is 0 Å². The lowest BCUT2D eigenvalue weighted by Crippen LogP contribution is -2.31. The molecule has 3 rings (SSSR count). The normalized spacial score (nSPS) is 14.3. The monoisotopic (exact) mass is 427 g/mol. The zero-order valence-corrected chi connectivity index (χ0v) is 17.2. The van der Waals surface area contributed by atoms with Gasteiger partial charge in [-0.15, -0.1) is 0 Å². The van der Waals surface area contributed by atoms with Crippen LogP contribution in [0.1, 0.15) is 44.3 Å². The number of anilines is 1. The summed E-state index contributed by atoms with van der Waals surface area (Å²) < 4.78 is 31.7. The number of sulfonamides is 1. The highest BCUT2D eigenvalue weighted by atomic mass is 35.5. The van der Waals surface area contributed by atoms with E-state index < -0.39 is 16.1 Å². The summed E-state index contributed by atoms with van der Waals surface area (Å²) in [6.45, 7) is 4.27. The smallest absolute Gasteiger partial charge is 0.319 e. The quantitative estimate of drug-likeness (QED) is 0.668. The Labute approximate surface area is 168 Å². The number of amides is 2. The number of benzene rings is 1. The first kappa shape index (κ1) is 20.6. The number of urea groups is 1. The van der Waals surface area contributed by atoms with Gasteiger partial charge < -0.3 is 15.2 Å². The van der Waals surface area contributed by atoms with Crippen LogP contribution in [0.15, 0.2) is 27.6 Å². The number of carbonyl (C=O) groups is 1. The van der Waals surface area contributed by atoms with Gasteiger partial charge >= 0.3 is 6.03 Å². The van der Waals surface area contributed by atoms with E-state index in [2.05, 4.69) is 20.8 Å². The highest BCUT2D eigenvalue weighted by Crippen LogP contribution is 2.38. The summed E-state index contributed by atoms with van der Waals surface area (Å²) in [6.07, 6.45) is 2.11. The number of hydrogen-bond acceptors (Lipinski definition) is 6. The average molecular weight is 428 g/mol. The van der Waals surface area contributed by atoms with Crippen molar-refractivity contribution < 1.29 is 17.7 Å². The highest BCUT2D eigenvalue weighted by molar-refractivity contribution is 7.89. The van der Waals surface area contributed by atoms with E-state index in [-0.39, 0.29) is 22.2 Å². The first-order chi connectivity index (χ1) is 13.3. The molecule has 0 bridgehead atoms. The molecule has 1 aliphatic carbocycles. The van der Waals surface area contributed by atoms with E-state index in [1.54, 1.807) is 13.8 Å². The van der Waals surface area contributed by atoms with E-state index in [9.17, 15) is 13.2 Å². The summed E-state index contributed by atoms with van der Waals surface area (Å²) in [5.74, 6) is 1.33. The molecule has 1 aromatic carbocycles. The second-order valence-corrected chi connectivity index (χ2v) is 8.70. The van der Waals surface area contributed by atoms with Crippen molar-refractivity contribution in [3.63, 3.8) is 0 Å². The fourth-order valence-electron chi connectivity index (χ4n) is 2.64. The van der Waals surface area contributed by atoms with Crippen molar-refractivity contribution in [3.05, 3.63) is 34.9 Å². The Bertz CT molecular complexity index is 954. The van der Waals surface area contributed by atoms with Gasteiger partial charge in [0.15, 0.2) is 5.82 Å². The van der Waals surface area contributed by atoms with Crippen molar-refractivity contribution in [1.29, 1.82) is 0 Å². The van der Waals surface area contributed by atoms with Crippen LogP contribution in [0.3, 0.4) is 0 Å². The first-order valence-electron chi connectivity index (χ1n) is 9.02. The van der Waals surface area contributed by atoms with Crippen molar-refractivity contribution in [1.82, 2.24) is 19.8 Å². The third kappa shape index (κ3) is 4.62. The number of rotatable bonds is 8. The van der Waals surface area contributed by atoms with Gasteiger partial charge in [-0.2, -0.15) is 9.29 Å². The Kier molecular flexibility index (Phi) is 6.21. The second-order valence-electron chi connectivity index (χ2n) is 6.36. The Morgan fingerprint density at radius 1 is 1.32 bits per heavy atom. The van der Waals surface area contributed by atoms with Crippen LogP contribution in [0.4, 0.5) is 10.5 Å². The van der Waals surface area contributed by atoms with E-state index in [0.717, 1.165) is 12.8 Å². The first-order valence-corrected chi connectivity index (χ1v) is 10.8. The maximum absolute atomic E-state index is 12.6. The zero-order valence-electron chi connectivity index (χ0n) is 15.6. The van der Waals surface area contributed by atoms with Gasteiger partial charge in [-0.1, -0.05) is 30.6 Å². The lowest BCUT2D eigenvalue weighted by atomic mass is 10.3. The predicted molar refractivity (Wildman–Crippen MR) is 104 cm³/mol. The molecule has 2 amide bonds. The third-order valence-corrected chi connectivity index (χ3v) is 6.73. The number of nitrogens with zero attached hydrogens (tertiary/aromatic N) is 3. The summed E-state index contributed by atoms with van der Waals surface area (Å²) in [4.78, 5) is 16.4. The highest BCUT2D eigenvalue weighted by Gasteiger charge is 2.28. The minimum Gasteiger partial charge on any atom is -0.337 e. The number of halogens is 1. The summed E-state index contributed by atoms with van der Waals surface area (Å²) in [7, 11) is -3.66. The molecule has 11 heteroatoms. The summed E-state index contributed by atoms with van der Waals surface area (Å²) in [6, 6.07) is 3.63. The number of aromatic nitrogens is 2. The predicted octanol–water partition coefficient (Wildman–Crippen LogP) is 2.95. The third-order valence-electron chi connectivity index (χ3n) is 4.36. The molecule has 0 saturated heterocycles. The molecule has 28 heavy (non-hydrogen) atoms. The van der Waals surface area contributed by atoms with Gasteiger partial charge in [0.1, 0.15) is 0 Å². The van der Waals surface area contributed by atoms with Gasteiger partial charge in [0, 0.05) is 19.0 Å². The van der Waals surface area contributed by atoms with Crippen LogP contribution in [0.25, 0.3) is 0 Å². The molecule has 0 radical (unpaired) electrons. The van der Waals surface area contributed by atoms with E-state index in [1.807, 2.05) is 0 Å². The molecule has 152 valence electrons. The number of nitrogens with one attached hydrogen (secondary N) is 2. The largest absolute Gasteiger partial charge is 0.337 e. The van der Waals surface area contributed by atoms with Crippen LogP contribution in [-0.4, -0.2) is 42.0 Å². The minimum absolute atomic E-state index is 0.0562. The molecule has 0 atom stereocenters. The van der Waals surface area contributed by atoms with Crippen LogP contribution < -0.4 is 10.6 Å². The van der Waals surface area contributed by atoms with Crippen molar-refractivity contribution in [2.45, 2.75) is 44.0 Å². The molecule has 9 nitrogen and oxygen atoms in total. The number of hydrogen-bond donors (Lipinski definition) is 2. The zero-order chi connectivity index (χ0) is 20.3. The van der Waals surface area contributed by atoms with E-state index in [0.29, 0.717) is 30.7 Å². The number of carbonyl (C=O) groups excluding carboxylic acids is 1. The molecule has 2 N–H and O–H groups in total. The lowest BCUT2D eigenvalue weighted by molar-refractivity contribution is 0.249. The Morgan fingerprint density at radius 2 is 2.04 bits per heavy atom. The van der Waals surface area contributed by atoms with E-state index in [4.69, 9.17) is 16.1 Å². The van der Waals surface area contributed by atoms with Crippen LogP contribution in [0, 0.1) is 0 Å². The summed E-state index contributed by atoms with van der Waals surface area (Å²) >= 11 is 6.11. The van der Waals surface area contributed by atoms with Crippen molar-refractivity contribution >= 4 is 33.3 Å². The van der Waals surface area contributed by atoms with Gasteiger partial charge in [0.25, 0.3) is 0 Å². The molecule has 0 spiro atoms. The van der Waals surface area contributed by atoms with Gasteiger partial charge in [-0.05, 0) is 31.0 Å². The maximum atomic E-state index is 12.6. The Hall–Kier alpha value is -2.17. The molecule has 1 fully saturated rings. The van der Waals surface area contributed by atoms with Gasteiger partial charge in [-0.3, -0.25) is 0 Å². The van der Waals surface area contributed by atoms with Crippen molar-refractivity contribution in [2.75, 3.05) is 18.4 Å². The van der Waals surface area contributed by atoms with Crippen LogP contribution >= 0.6 is 11.6 Å². The van der Waals surface area contributed by atoms with Crippen molar-refractivity contribution in [2.24, 2.45) is 0 Å². The molecule has 1 saturated carbocycles. The maximum Gasteiger partial charge on any atom is 0.319 e. The fourth-order valence-corrected chi connectivity index (χ4v) is 4.29. The Balaban J connectivity index is 1.66. The SMILES string of the molecule is CCN(CC)S(=O)(=O)c1ccc(Cl)c(NC(=O)NCc2nc(C3CC3)no2)c1. The molecular formula is C17H22ClN5O4S. The molecule has 1 aliphatic rings. The van der Waals surface area contributed by atoms with Gasteiger partial charge in [0.05, 0.1) is 22.2 Å². The standard InChI is InChI=1S/C17H22ClN5O4S/c1-3-23(4-2)28(25,26)12-7-8-13(18)14(9-12)20-17(24)19-10-15-21-16(22-27-15)11-5-6-11/h7-9,11H,3-6,10H2,1-2H3,(H2,19,20,24). The van der Waals surface area contributed by atoms with Crippen LogP contribution in [0.2, 0.25) is 5.02 Å². The molecule has 0 aliphatic heterocycles. The molecule has 1 heterocycles. The molecule has 2 aromatic rings. The van der Waals surface area contributed by atoms with E-state index >= 15 is 0 Å². The summed E-state index contributed by atoms with van der Waals surface area (Å²) in [5, 5.41) is 9.24. The topological polar surface area (TPSA) is 117 Å². The van der Waals surface area contributed by atoms with E-state index in [1.165, 1.54) is 22.5 Å². The minimum atomic E-state index is -3.66. The van der Waals surface area contributed by atoms with Crippen LogP contribution in [-0.2, 0) is 16.6 Å². The molecule has 1 aromatic heterocycles. The van der Waals surface area contributed by atoms with Crippen molar-refractivity contribution in [3.8, 4) is 0 Å². The molecule has 0 unspecified atom stereocenters. The van der Waals surface area contributed by atoms with Gasteiger partial charge in [-0.25, -0.2) is 13.2 Å².